The van der Waals surface area contributed by atoms with Gasteiger partial charge in [0, 0.05) is 6.61 Å². The molecule has 0 radical (unpaired) electrons. The Labute approximate surface area is 83.5 Å². The van der Waals surface area contributed by atoms with Gasteiger partial charge in [-0.3, -0.25) is 0 Å². The van der Waals surface area contributed by atoms with Crippen LogP contribution >= 0.6 is 0 Å². The van der Waals surface area contributed by atoms with Crippen LogP contribution in [-0.2, 0) is 9.16 Å². The highest BCUT2D eigenvalue weighted by molar-refractivity contribution is 5.98. The summed E-state index contributed by atoms with van der Waals surface area (Å²) in [5.41, 5.74) is -0.607. The second-order valence-corrected chi connectivity index (χ2v) is 2.99. The van der Waals surface area contributed by atoms with Gasteiger partial charge in [-0.05, 0) is 6.92 Å². The van der Waals surface area contributed by atoms with Crippen LogP contribution in [0.3, 0.4) is 0 Å². The molecular weight excluding hydrogens is 180 g/mol. The first kappa shape index (κ1) is 12.4. The van der Waals surface area contributed by atoms with Crippen molar-refractivity contribution in [3.63, 3.8) is 0 Å². The lowest BCUT2D eigenvalue weighted by molar-refractivity contribution is -0.00609. The van der Waals surface area contributed by atoms with Gasteiger partial charge < -0.3 is 9.16 Å². The molecule has 0 aliphatic carbocycles. The van der Waals surface area contributed by atoms with E-state index in [9.17, 15) is 0 Å². The maximum Gasteiger partial charge on any atom is 0.147 e. The largest absolute Gasteiger partial charge is 0.413 e. The number of rotatable bonds is 7. The van der Waals surface area contributed by atoms with E-state index < -0.39 is 5.60 Å². The quantitative estimate of drug-likeness (QED) is 0.448. The summed E-state index contributed by atoms with van der Waals surface area (Å²) in [4.78, 5) is 0. The molecule has 0 rings (SSSR count). The predicted octanol–water partition coefficient (Wildman–Crippen LogP) is 0.985. The lowest BCUT2D eigenvalue weighted by Crippen LogP contribution is -2.41. The Bertz CT molecular complexity index is 181. The third-order valence-corrected chi connectivity index (χ3v) is 2.70. The second-order valence-electron chi connectivity index (χ2n) is 2.58. The molecule has 0 heterocycles. The predicted molar refractivity (Wildman–Crippen MR) is 59.8 cm³/mol. The Balaban J connectivity index is 4.74. The van der Waals surface area contributed by atoms with Gasteiger partial charge in [0.05, 0.1) is 0 Å². The van der Waals surface area contributed by atoms with Gasteiger partial charge in [0.15, 0.2) is 0 Å². The third-order valence-electron chi connectivity index (χ3n) is 2.00. The van der Waals surface area contributed by atoms with Crippen LogP contribution in [0.5, 0.6) is 0 Å². The van der Waals surface area contributed by atoms with Gasteiger partial charge in [-0.25, -0.2) is 0 Å². The summed E-state index contributed by atoms with van der Waals surface area (Å²) < 4.78 is 10.9. The zero-order chi connectivity index (χ0) is 10.3. The summed E-state index contributed by atoms with van der Waals surface area (Å²) in [7, 11) is 0.605. The molecule has 0 saturated carbocycles. The molecular formula is C10H18O2Si. The van der Waals surface area contributed by atoms with Crippen molar-refractivity contribution in [2.45, 2.75) is 18.6 Å². The van der Waals surface area contributed by atoms with Crippen molar-refractivity contribution in [2.24, 2.45) is 0 Å². The van der Waals surface area contributed by atoms with Gasteiger partial charge >= 0.3 is 0 Å². The van der Waals surface area contributed by atoms with Crippen LogP contribution in [0.25, 0.3) is 0 Å². The standard InChI is InChI=1S/C10H18O2Si/c1-5-9(11-8-4)10(6-2,7-3)12-13/h5-7,9H,1-3,8H2,4,13H3. The van der Waals surface area contributed by atoms with Crippen molar-refractivity contribution in [3.05, 3.63) is 38.0 Å². The SMILES string of the molecule is C=CC(OCC)C(C=C)(C=C)O[SiH3]. The first-order chi connectivity index (χ1) is 6.20. The topological polar surface area (TPSA) is 18.5 Å². The van der Waals surface area contributed by atoms with Crippen molar-refractivity contribution < 1.29 is 9.16 Å². The van der Waals surface area contributed by atoms with Crippen LogP contribution in [0, 0.1) is 0 Å². The highest BCUT2D eigenvalue weighted by atomic mass is 28.2. The lowest BCUT2D eigenvalue weighted by atomic mass is 9.97. The molecule has 0 aliphatic rings. The van der Waals surface area contributed by atoms with Crippen LogP contribution in [0.15, 0.2) is 38.0 Å². The Kier molecular flexibility index (Phi) is 5.62. The van der Waals surface area contributed by atoms with Gasteiger partial charge in [0.1, 0.15) is 22.2 Å². The molecule has 0 bridgehead atoms. The van der Waals surface area contributed by atoms with E-state index in [2.05, 4.69) is 19.7 Å². The molecule has 3 heteroatoms. The molecule has 0 aromatic heterocycles. The minimum absolute atomic E-state index is 0.204. The van der Waals surface area contributed by atoms with E-state index in [1.165, 1.54) is 0 Å². The minimum Gasteiger partial charge on any atom is -0.413 e. The van der Waals surface area contributed by atoms with Gasteiger partial charge in [0.2, 0.25) is 0 Å². The van der Waals surface area contributed by atoms with Gasteiger partial charge in [-0.2, -0.15) is 0 Å². The fraction of sp³-hybridized carbons (Fsp3) is 0.400. The zero-order valence-electron chi connectivity index (χ0n) is 8.45. The summed E-state index contributed by atoms with van der Waals surface area (Å²) in [6.45, 7) is 13.7. The van der Waals surface area contributed by atoms with Crippen LogP contribution < -0.4 is 0 Å². The number of hydrogen-bond acceptors (Lipinski definition) is 2. The smallest absolute Gasteiger partial charge is 0.147 e. The van der Waals surface area contributed by atoms with Crippen LogP contribution in [0.1, 0.15) is 6.92 Å². The highest BCUT2D eigenvalue weighted by Gasteiger charge is 2.30. The lowest BCUT2D eigenvalue weighted by Gasteiger charge is -2.32. The molecule has 1 atom stereocenters. The molecule has 1 unspecified atom stereocenters. The first-order valence-corrected chi connectivity index (χ1v) is 5.08. The second kappa shape index (κ2) is 5.91. The number of ether oxygens (including phenoxy) is 1. The van der Waals surface area contributed by atoms with E-state index in [4.69, 9.17) is 9.16 Å². The summed E-state index contributed by atoms with van der Waals surface area (Å²) >= 11 is 0. The van der Waals surface area contributed by atoms with E-state index in [-0.39, 0.29) is 6.10 Å². The molecule has 74 valence electrons. The summed E-state index contributed by atoms with van der Waals surface area (Å²) in [5.74, 6) is 0. The van der Waals surface area contributed by atoms with E-state index in [0.29, 0.717) is 17.1 Å². The fourth-order valence-corrected chi connectivity index (χ4v) is 1.73. The summed E-state index contributed by atoms with van der Waals surface area (Å²) in [5, 5.41) is 0. The van der Waals surface area contributed by atoms with Crippen molar-refractivity contribution in [3.8, 4) is 0 Å². The Morgan fingerprint density at radius 1 is 1.38 bits per heavy atom. The molecule has 0 amide bonds. The molecule has 2 nitrogen and oxygen atoms in total. The van der Waals surface area contributed by atoms with Gasteiger partial charge in [0.25, 0.3) is 0 Å². The van der Waals surface area contributed by atoms with E-state index in [0.717, 1.165) is 0 Å². The molecule has 0 N–H and O–H groups in total. The van der Waals surface area contributed by atoms with E-state index in [1.54, 1.807) is 18.2 Å². The fourth-order valence-electron chi connectivity index (χ4n) is 1.16. The monoisotopic (exact) mass is 198 g/mol. The van der Waals surface area contributed by atoms with E-state index in [1.807, 2.05) is 6.92 Å². The van der Waals surface area contributed by atoms with Gasteiger partial charge in [-0.15, -0.1) is 6.58 Å². The molecule has 0 aliphatic heterocycles. The summed E-state index contributed by atoms with van der Waals surface area (Å²) in [6.07, 6.45) is 4.92. The van der Waals surface area contributed by atoms with Crippen molar-refractivity contribution in [1.29, 1.82) is 0 Å². The van der Waals surface area contributed by atoms with Crippen LogP contribution in [0.4, 0.5) is 0 Å². The molecule has 0 aromatic rings. The van der Waals surface area contributed by atoms with Crippen molar-refractivity contribution in [1.82, 2.24) is 0 Å². The Hall–Kier alpha value is -0.643. The molecule has 0 saturated heterocycles. The third kappa shape index (κ3) is 2.65. The Morgan fingerprint density at radius 2 is 1.92 bits per heavy atom. The summed E-state index contributed by atoms with van der Waals surface area (Å²) in [6, 6.07) is 0. The molecule has 13 heavy (non-hydrogen) atoms. The maximum absolute atomic E-state index is 5.47. The molecule has 0 spiro atoms. The van der Waals surface area contributed by atoms with Crippen LogP contribution in [0.2, 0.25) is 0 Å². The zero-order valence-corrected chi connectivity index (χ0v) is 10.5. The highest BCUT2D eigenvalue weighted by Crippen LogP contribution is 2.21. The average molecular weight is 198 g/mol. The molecule has 0 aromatic carbocycles. The Morgan fingerprint density at radius 3 is 2.15 bits per heavy atom. The van der Waals surface area contributed by atoms with E-state index >= 15 is 0 Å². The maximum atomic E-state index is 5.47. The van der Waals surface area contributed by atoms with Crippen molar-refractivity contribution in [2.75, 3.05) is 6.61 Å². The van der Waals surface area contributed by atoms with Crippen molar-refractivity contribution >= 4 is 10.5 Å². The minimum atomic E-state index is -0.607. The first-order valence-electron chi connectivity index (χ1n) is 4.27. The molecule has 0 fully saturated rings. The number of hydrogen-bond donors (Lipinski definition) is 0. The van der Waals surface area contributed by atoms with Gasteiger partial charge in [-0.1, -0.05) is 31.4 Å². The van der Waals surface area contributed by atoms with Crippen LogP contribution in [-0.4, -0.2) is 28.8 Å². The average Bonchev–Trinajstić information content (AvgIpc) is 2.19. The normalized spacial score (nSPS) is 13.6.